The van der Waals surface area contributed by atoms with Gasteiger partial charge in [-0.1, -0.05) is 12.1 Å². The molecule has 0 aromatic heterocycles. The lowest BCUT2D eigenvalue weighted by atomic mass is 10.1. The number of benzene rings is 1. The third-order valence-electron chi connectivity index (χ3n) is 5.11. The van der Waals surface area contributed by atoms with E-state index in [1.54, 1.807) is 19.2 Å². The van der Waals surface area contributed by atoms with Gasteiger partial charge < -0.3 is 10.0 Å². The first-order valence-corrected chi connectivity index (χ1v) is 9.66. The SMILES string of the molecule is CN1C(=O)CC(NCCN(CCO)CCCc2ccc([N+](=O)[O-])cc2)N(C)C1=O.Cl. The fraction of sp³-hybridized carbons (Fsp3) is 0.579. The molecule has 10 nitrogen and oxygen atoms in total. The number of halogens is 1. The number of carbonyl (C=O) groups excluding carboxylic acids is 2. The molecule has 1 fully saturated rings. The zero-order valence-electron chi connectivity index (χ0n) is 17.3. The summed E-state index contributed by atoms with van der Waals surface area (Å²) in [5, 5.41) is 23.2. The molecule has 11 heteroatoms. The maximum Gasteiger partial charge on any atom is 0.327 e. The van der Waals surface area contributed by atoms with Crippen molar-refractivity contribution in [3.63, 3.8) is 0 Å². The Hall–Kier alpha value is -2.27. The molecule has 0 radical (unpaired) electrons. The number of nitro groups is 1. The van der Waals surface area contributed by atoms with Gasteiger partial charge in [-0.3, -0.25) is 30.0 Å². The smallest absolute Gasteiger partial charge is 0.327 e. The lowest BCUT2D eigenvalue weighted by Gasteiger charge is -2.37. The molecule has 2 N–H and O–H groups in total. The molecule has 0 spiro atoms. The number of carbonyl (C=O) groups is 2. The van der Waals surface area contributed by atoms with Crippen LogP contribution >= 0.6 is 12.4 Å². The number of aryl methyl sites for hydroxylation is 1. The molecule has 0 aliphatic carbocycles. The summed E-state index contributed by atoms with van der Waals surface area (Å²) in [6.45, 7) is 2.59. The second kappa shape index (κ2) is 12.4. The van der Waals surface area contributed by atoms with Crippen molar-refractivity contribution in [3.8, 4) is 0 Å². The first-order valence-electron chi connectivity index (χ1n) is 9.66. The molecule has 1 heterocycles. The van der Waals surface area contributed by atoms with Gasteiger partial charge in [0.05, 0.1) is 24.1 Å². The molecule has 1 aromatic rings. The number of nitrogens with zero attached hydrogens (tertiary/aromatic N) is 4. The van der Waals surface area contributed by atoms with E-state index in [-0.39, 0.29) is 49.2 Å². The van der Waals surface area contributed by atoms with Gasteiger partial charge in [0, 0.05) is 45.9 Å². The van der Waals surface area contributed by atoms with E-state index in [0.29, 0.717) is 19.6 Å². The summed E-state index contributed by atoms with van der Waals surface area (Å²) in [5.74, 6) is -0.207. The highest BCUT2D eigenvalue weighted by molar-refractivity contribution is 5.96. The summed E-state index contributed by atoms with van der Waals surface area (Å²) in [5.41, 5.74) is 1.11. The number of amides is 3. The van der Waals surface area contributed by atoms with Gasteiger partial charge in [-0.2, -0.15) is 0 Å². The predicted molar refractivity (Wildman–Crippen MR) is 115 cm³/mol. The molecule has 1 aliphatic heterocycles. The van der Waals surface area contributed by atoms with E-state index >= 15 is 0 Å². The van der Waals surface area contributed by atoms with Crippen LogP contribution < -0.4 is 5.32 Å². The van der Waals surface area contributed by atoms with Crippen molar-refractivity contribution < 1.29 is 19.6 Å². The van der Waals surface area contributed by atoms with E-state index in [0.717, 1.165) is 29.8 Å². The summed E-state index contributed by atoms with van der Waals surface area (Å²) in [7, 11) is 3.14. The van der Waals surface area contributed by atoms with E-state index in [9.17, 15) is 24.8 Å². The largest absolute Gasteiger partial charge is 0.395 e. The topological polar surface area (TPSA) is 119 Å². The van der Waals surface area contributed by atoms with Crippen molar-refractivity contribution in [1.82, 2.24) is 20.0 Å². The van der Waals surface area contributed by atoms with E-state index in [1.165, 1.54) is 24.1 Å². The van der Waals surface area contributed by atoms with Gasteiger partial charge in [0.25, 0.3) is 5.69 Å². The first-order chi connectivity index (χ1) is 13.8. The van der Waals surface area contributed by atoms with Gasteiger partial charge in [-0.25, -0.2) is 4.79 Å². The molecule has 0 saturated carbocycles. The number of aliphatic hydroxyl groups excluding tert-OH is 1. The van der Waals surface area contributed by atoms with E-state index in [2.05, 4.69) is 10.2 Å². The van der Waals surface area contributed by atoms with Crippen LogP contribution in [0.5, 0.6) is 0 Å². The van der Waals surface area contributed by atoms with E-state index < -0.39 is 4.92 Å². The van der Waals surface area contributed by atoms with Gasteiger partial charge in [0.2, 0.25) is 5.91 Å². The van der Waals surface area contributed by atoms with Crippen molar-refractivity contribution in [2.24, 2.45) is 0 Å². The second-order valence-corrected chi connectivity index (χ2v) is 7.11. The number of rotatable bonds is 11. The highest BCUT2D eigenvalue weighted by atomic mass is 35.5. The minimum absolute atomic E-state index is 0. The standard InChI is InChI=1S/C19H29N5O5.ClH/c1-21-17(14-18(26)22(2)19(21)27)20-9-11-23(12-13-25)10-3-4-15-5-7-16(8-6-15)24(28)29;/h5-8,17,20,25H,3-4,9-14H2,1-2H3;1H. The van der Waals surface area contributed by atoms with E-state index in [4.69, 9.17) is 0 Å². The van der Waals surface area contributed by atoms with Crippen LogP contribution in [0.1, 0.15) is 18.4 Å². The van der Waals surface area contributed by atoms with Crippen LogP contribution in [0.15, 0.2) is 24.3 Å². The Bertz CT molecular complexity index is 718. The fourth-order valence-electron chi connectivity index (χ4n) is 3.28. The van der Waals surface area contributed by atoms with Gasteiger partial charge >= 0.3 is 6.03 Å². The zero-order chi connectivity index (χ0) is 21.4. The minimum Gasteiger partial charge on any atom is -0.395 e. The average Bonchev–Trinajstić information content (AvgIpc) is 2.70. The van der Waals surface area contributed by atoms with Crippen molar-refractivity contribution in [2.45, 2.75) is 25.4 Å². The normalized spacial score (nSPS) is 16.7. The molecule has 0 bridgehead atoms. The molecule has 1 saturated heterocycles. The molecule has 2 rings (SSSR count). The number of hydrogen-bond donors (Lipinski definition) is 2. The summed E-state index contributed by atoms with van der Waals surface area (Å²) in [4.78, 5) is 38.9. The average molecular weight is 444 g/mol. The Morgan fingerprint density at radius 1 is 1.20 bits per heavy atom. The first kappa shape index (κ1) is 25.8. The molecule has 30 heavy (non-hydrogen) atoms. The molecule has 1 unspecified atom stereocenters. The molecule has 1 atom stereocenters. The number of non-ortho nitro benzene ring substituents is 1. The quantitative estimate of drug-likeness (QED) is 0.388. The number of nitro benzene ring substituents is 1. The maximum atomic E-state index is 12.0. The number of aliphatic hydroxyl groups is 1. The third kappa shape index (κ3) is 7.21. The lowest BCUT2D eigenvalue weighted by molar-refractivity contribution is -0.384. The zero-order valence-corrected chi connectivity index (χ0v) is 18.1. The summed E-state index contributed by atoms with van der Waals surface area (Å²) in [6.07, 6.45) is 1.54. The Labute approximate surface area is 182 Å². The predicted octanol–water partition coefficient (Wildman–Crippen LogP) is 1.07. The Morgan fingerprint density at radius 3 is 2.47 bits per heavy atom. The highest BCUT2D eigenvalue weighted by Crippen LogP contribution is 2.14. The highest BCUT2D eigenvalue weighted by Gasteiger charge is 2.33. The summed E-state index contributed by atoms with van der Waals surface area (Å²) >= 11 is 0. The summed E-state index contributed by atoms with van der Waals surface area (Å²) in [6, 6.07) is 6.21. The van der Waals surface area contributed by atoms with Crippen LogP contribution in [-0.4, -0.2) is 89.7 Å². The van der Waals surface area contributed by atoms with Crippen LogP contribution in [0.2, 0.25) is 0 Å². The fourth-order valence-corrected chi connectivity index (χ4v) is 3.28. The molecule has 3 amide bonds. The van der Waals surface area contributed by atoms with Crippen LogP contribution in [0.4, 0.5) is 10.5 Å². The minimum atomic E-state index is -0.414. The Morgan fingerprint density at radius 2 is 1.87 bits per heavy atom. The number of nitrogens with one attached hydrogen (secondary N) is 1. The van der Waals surface area contributed by atoms with Crippen molar-refractivity contribution in [3.05, 3.63) is 39.9 Å². The second-order valence-electron chi connectivity index (χ2n) is 7.11. The number of hydrogen-bond acceptors (Lipinski definition) is 7. The van der Waals surface area contributed by atoms with Gasteiger partial charge in [0.15, 0.2) is 0 Å². The van der Waals surface area contributed by atoms with E-state index in [1.807, 2.05) is 0 Å². The van der Waals surface area contributed by atoms with Gasteiger partial charge in [-0.05, 0) is 24.9 Å². The molecule has 1 aromatic carbocycles. The Kier molecular flexibility index (Phi) is 10.7. The van der Waals surface area contributed by atoms with Crippen LogP contribution in [-0.2, 0) is 11.2 Å². The number of urea groups is 1. The van der Waals surface area contributed by atoms with Crippen molar-refractivity contribution in [1.29, 1.82) is 0 Å². The Balaban J connectivity index is 0.00000450. The molecular formula is C19H30ClN5O5. The molecule has 1 aliphatic rings. The number of imide groups is 1. The van der Waals surface area contributed by atoms with Crippen molar-refractivity contribution >= 4 is 30.0 Å². The van der Waals surface area contributed by atoms with Crippen molar-refractivity contribution in [2.75, 3.05) is 46.9 Å². The maximum absolute atomic E-state index is 12.0. The summed E-state index contributed by atoms with van der Waals surface area (Å²) < 4.78 is 0. The lowest BCUT2D eigenvalue weighted by Crippen LogP contribution is -2.59. The van der Waals surface area contributed by atoms with Gasteiger partial charge in [0.1, 0.15) is 0 Å². The monoisotopic (exact) mass is 443 g/mol. The van der Waals surface area contributed by atoms with Crippen LogP contribution in [0.3, 0.4) is 0 Å². The molecule has 168 valence electrons. The van der Waals surface area contributed by atoms with Crippen LogP contribution in [0.25, 0.3) is 0 Å². The molecular weight excluding hydrogens is 414 g/mol. The van der Waals surface area contributed by atoms with Gasteiger partial charge in [-0.15, -0.1) is 12.4 Å². The van der Waals surface area contributed by atoms with Crippen LogP contribution in [0, 0.1) is 10.1 Å². The third-order valence-corrected chi connectivity index (χ3v) is 5.11.